The summed E-state index contributed by atoms with van der Waals surface area (Å²) in [5, 5.41) is 2.51. The first-order valence-electron chi connectivity index (χ1n) is 9.48. The van der Waals surface area contributed by atoms with Crippen LogP contribution in [0.3, 0.4) is 0 Å². The predicted octanol–water partition coefficient (Wildman–Crippen LogP) is 4.70. The van der Waals surface area contributed by atoms with E-state index in [1.54, 1.807) is 0 Å². The van der Waals surface area contributed by atoms with E-state index in [4.69, 9.17) is 16.3 Å². The number of benzene rings is 1. The molecule has 0 aliphatic heterocycles. The van der Waals surface area contributed by atoms with Crippen LogP contribution in [-0.2, 0) is 11.3 Å². The monoisotopic (exact) mass is 456 g/mol. The summed E-state index contributed by atoms with van der Waals surface area (Å²) in [6, 6.07) is 8.63. The third kappa shape index (κ3) is 6.08. The number of aromatic nitrogens is 3. The van der Waals surface area contributed by atoms with Crippen LogP contribution in [0.4, 0.5) is 19.1 Å². The first-order valence-corrected chi connectivity index (χ1v) is 9.85. The molecule has 0 spiro atoms. The van der Waals surface area contributed by atoms with Gasteiger partial charge >= 0.3 is 6.18 Å². The van der Waals surface area contributed by atoms with Crippen LogP contribution in [0.2, 0.25) is 5.02 Å². The number of fused-ring (bicyclic) bond motifs is 1. The molecule has 0 radical (unpaired) electrons. The van der Waals surface area contributed by atoms with E-state index < -0.39 is 24.6 Å². The van der Waals surface area contributed by atoms with E-state index in [-0.39, 0.29) is 10.6 Å². The number of imidazole rings is 1. The molecule has 2 heterocycles. The molecule has 1 aromatic carbocycles. The molecular formula is C20H20ClF3N4O3. The lowest BCUT2D eigenvalue weighted by atomic mass is 10.2. The number of nitrogens with zero attached hydrogens (tertiary/aromatic N) is 3. The summed E-state index contributed by atoms with van der Waals surface area (Å²) in [4.78, 5) is 20.9. The summed E-state index contributed by atoms with van der Waals surface area (Å²) in [6.07, 6.45) is -2.72. The van der Waals surface area contributed by atoms with E-state index in [2.05, 4.69) is 20.0 Å². The van der Waals surface area contributed by atoms with E-state index in [9.17, 15) is 18.0 Å². The van der Waals surface area contributed by atoms with Crippen molar-refractivity contribution in [2.75, 3.05) is 25.1 Å². The van der Waals surface area contributed by atoms with E-state index in [0.29, 0.717) is 31.2 Å². The van der Waals surface area contributed by atoms with Gasteiger partial charge in [-0.05, 0) is 31.5 Å². The summed E-state index contributed by atoms with van der Waals surface area (Å²) >= 11 is 5.93. The van der Waals surface area contributed by atoms with Gasteiger partial charge in [-0.1, -0.05) is 23.7 Å². The maximum Gasteiger partial charge on any atom is 0.422 e. The van der Waals surface area contributed by atoms with Gasteiger partial charge in [0.05, 0.1) is 16.6 Å². The number of alkyl halides is 3. The average molecular weight is 457 g/mol. The van der Waals surface area contributed by atoms with Gasteiger partial charge in [0, 0.05) is 26.0 Å². The number of carbonyl (C=O) groups excluding carboxylic acids is 1. The molecule has 166 valence electrons. The van der Waals surface area contributed by atoms with Crippen LogP contribution in [0, 0.1) is 0 Å². The topological polar surface area (TPSA) is 78.3 Å². The van der Waals surface area contributed by atoms with Crippen LogP contribution >= 0.6 is 11.6 Å². The molecule has 1 N–H and O–H groups in total. The standard InChI is InChI=1S/C20H20ClF3N4O3/c1-2-30-9-5-8-28-16-7-4-3-6-15(16)26-19(28)27-17(29)13-10-14(21)18(25-11-13)31-12-20(22,23)24/h3-4,6-7,10-11H,2,5,8-9,12H2,1H3,(H,26,27,29). The number of ether oxygens (including phenoxy) is 2. The zero-order chi connectivity index (χ0) is 22.4. The van der Waals surface area contributed by atoms with Gasteiger partial charge in [0.1, 0.15) is 5.02 Å². The SMILES string of the molecule is CCOCCCn1c(NC(=O)c2cnc(OCC(F)(F)F)c(Cl)c2)nc2ccccc21. The van der Waals surface area contributed by atoms with Crippen molar-refractivity contribution in [1.29, 1.82) is 0 Å². The maximum atomic E-state index is 12.7. The quantitative estimate of drug-likeness (QED) is 0.472. The Balaban J connectivity index is 1.77. The normalized spacial score (nSPS) is 11.6. The van der Waals surface area contributed by atoms with Crippen molar-refractivity contribution in [2.24, 2.45) is 0 Å². The molecular weight excluding hydrogens is 437 g/mol. The Labute approximate surface area is 181 Å². The Morgan fingerprint density at radius 3 is 2.77 bits per heavy atom. The van der Waals surface area contributed by atoms with Gasteiger partial charge in [-0.2, -0.15) is 13.2 Å². The van der Waals surface area contributed by atoms with Crippen LogP contribution < -0.4 is 10.1 Å². The first-order chi connectivity index (χ1) is 14.8. The van der Waals surface area contributed by atoms with E-state index >= 15 is 0 Å². The van der Waals surface area contributed by atoms with Crippen LogP contribution in [0.5, 0.6) is 5.88 Å². The van der Waals surface area contributed by atoms with E-state index in [1.165, 1.54) is 6.07 Å². The number of anilines is 1. The molecule has 3 rings (SSSR count). The summed E-state index contributed by atoms with van der Waals surface area (Å²) < 4.78 is 48.7. The summed E-state index contributed by atoms with van der Waals surface area (Å²) in [6.45, 7) is 2.13. The number of pyridine rings is 1. The van der Waals surface area contributed by atoms with Gasteiger partial charge in [0.2, 0.25) is 11.8 Å². The van der Waals surface area contributed by atoms with Gasteiger partial charge in [-0.3, -0.25) is 10.1 Å². The number of hydrogen-bond acceptors (Lipinski definition) is 5. The molecule has 0 aliphatic carbocycles. The fourth-order valence-corrected chi connectivity index (χ4v) is 3.07. The van der Waals surface area contributed by atoms with Gasteiger partial charge in [0.25, 0.3) is 5.91 Å². The molecule has 0 aliphatic rings. The van der Waals surface area contributed by atoms with Gasteiger partial charge in [0.15, 0.2) is 6.61 Å². The Kier molecular flexibility index (Phi) is 7.34. The minimum absolute atomic E-state index is 0.0530. The molecule has 0 saturated carbocycles. The van der Waals surface area contributed by atoms with Crippen LogP contribution in [-0.4, -0.2) is 46.4 Å². The fraction of sp³-hybridized carbons (Fsp3) is 0.350. The van der Waals surface area contributed by atoms with Crippen molar-refractivity contribution >= 4 is 34.5 Å². The Bertz CT molecular complexity index is 1060. The highest BCUT2D eigenvalue weighted by atomic mass is 35.5. The minimum atomic E-state index is -4.53. The molecule has 11 heteroatoms. The molecule has 7 nitrogen and oxygen atoms in total. The van der Waals surface area contributed by atoms with Crippen molar-refractivity contribution in [3.05, 3.63) is 47.1 Å². The van der Waals surface area contributed by atoms with Gasteiger partial charge in [-0.25, -0.2) is 9.97 Å². The first kappa shape index (κ1) is 22.8. The third-order valence-electron chi connectivity index (χ3n) is 4.20. The van der Waals surface area contributed by atoms with Crippen molar-refractivity contribution in [3.8, 4) is 5.88 Å². The Morgan fingerprint density at radius 2 is 2.06 bits per heavy atom. The lowest BCUT2D eigenvalue weighted by Gasteiger charge is -2.12. The summed E-state index contributed by atoms with van der Waals surface area (Å²) in [7, 11) is 0. The van der Waals surface area contributed by atoms with Crippen molar-refractivity contribution in [3.63, 3.8) is 0 Å². The van der Waals surface area contributed by atoms with Gasteiger partial charge in [-0.15, -0.1) is 0 Å². The number of amides is 1. The molecule has 0 fully saturated rings. The molecule has 0 saturated heterocycles. The zero-order valence-corrected chi connectivity index (χ0v) is 17.3. The zero-order valence-electron chi connectivity index (χ0n) is 16.6. The number of carbonyl (C=O) groups is 1. The van der Waals surface area contributed by atoms with Crippen molar-refractivity contribution in [2.45, 2.75) is 26.1 Å². The molecule has 0 atom stereocenters. The smallest absolute Gasteiger partial charge is 0.422 e. The third-order valence-corrected chi connectivity index (χ3v) is 4.47. The van der Waals surface area contributed by atoms with E-state index in [0.717, 1.165) is 18.1 Å². The second-order valence-corrected chi connectivity index (χ2v) is 6.90. The molecule has 2 aromatic heterocycles. The number of rotatable bonds is 9. The highest BCUT2D eigenvalue weighted by Crippen LogP contribution is 2.26. The minimum Gasteiger partial charge on any atom is -0.467 e. The number of aryl methyl sites for hydroxylation is 1. The Hall–Kier alpha value is -2.85. The van der Waals surface area contributed by atoms with Crippen LogP contribution in [0.1, 0.15) is 23.7 Å². The summed E-state index contributed by atoms with van der Waals surface area (Å²) in [5.41, 5.74) is 1.61. The molecule has 1 amide bonds. The van der Waals surface area contributed by atoms with Crippen LogP contribution in [0.15, 0.2) is 36.5 Å². The second kappa shape index (κ2) is 9.97. The number of hydrogen-bond donors (Lipinski definition) is 1. The average Bonchev–Trinajstić information content (AvgIpc) is 3.06. The number of nitrogens with one attached hydrogen (secondary N) is 1. The molecule has 31 heavy (non-hydrogen) atoms. The van der Waals surface area contributed by atoms with Crippen molar-refractivity contribution < 1.29 is 27.4 Å². The Morgan fingerprint density at radius 1 is 1.29 bits per heavy atom. The maximum absolute atomic E-state index is 12.7. The molecule has 0 unspecified atom stereocenters. The number of halogens is 4. The lowest BCUT2D eigenvalue weighted by molar-refractivity contribution is -0.154. The molecule has 0 bridgehead atoms. The predicted molar refractivity (Wildman–Crippen MR) is 110 cm³/mol. The molecule has 3 aromatic rings. The van der Waals surface area contributed by atoms with Crippen LogP contribution in [0.25, 0.3) is 11.0 Å². The largest absolute Gasteiger partial charge is 0.467 e. The van der Waals surface area contributed by atoms with Crippen molar-refractivity contribution in [1.82, 2.24) is 14.5 Å². The number of para-hydroxylation sites is 2. The summed E-state index contributed by atoms with van der Waals surface area (Å²) in [5.74, 6) is -0.631. The van der Waals surface area contributed by atoms with Gasteiger partial charge < -0.3 is 14.0 Å². The van der Waals surface area contributed by atoms with E-state index in [1.807, 2.05) is 35.8 Å². The highest BCUT2D eigenvalue weighted by Gasteiger charge is 2.29. The lowest BCUT2D eigenvalue weighted by Crippen LogP contribution is -2.20. The highest BCUT2D eigenvalue weighted by molar-refractivity contribution is 6.32. The fourth-order valence-electron chi connectivity index (χ4n) is 2.85. The second-order valence-electron chi connectivity index (χ2n) is 6.50.